The number of nitrogens with zero attached hydrogens (tertiary/aromatic N) is 1. The molecule has 1 heterocycles. The fourth-order valence-corrected chi connectivity index (χ4v) is 2.42. The second-order valence-electron chi connectivity index (χ2n) is 5.00. The van der Waals surface area contributed by atoms with E-state index in [1.807, 2.05) is 17.0 Å². The third-order valence-corrected chi connectivity index (χ3v) is 3.71. The van der Waals surface area contributed by atoms with Crippen LogP contribution in [0.25, 0.3) is 0 Å². The van der Waals surface area contributed by atoms with E-state index in [0.717, 1.165) is 18.7 Å². The van der Waals surface area contributed by atoms with Crippen LogP contribution in [0.4, 0.5) is 5.69 Å². The summed E-state index contributed by atoms with van der Waals surface area (Å²) in [6.07, 6.45) is 3.54. The molecule has 1 aromatic rings. The lowest BCUT2D eigenvalue weighted by Crippen LogP contribution is -2.51. The Morgan fingerprint density at radius 2 is 2.15 bits per heavy atom. The lowest BCUT2D eigenvalue weighted by atomic mass is 10.1. The van der Waals surface area contributed by atoms with Gasteiger partial charge in [-0.15, -0.1) is 0 Å². The van der Waals surface area contributed by atoms with Gasteiger partial charge in [-0.1, -0.05) is 25.5 Å². The molecule has 0 aromatic heterocycles. The van der Waals surface area contributed by atoms with Gasteiger partial charge in [-0.25, -0.2) is 0 Å². The molecule has 108 valence electrons. The van der Waals surface area contributed by atoms with Crippen molar-refractivity contribution < 1.29 is 4.79 Å². The van der Waals surface area contributed by atoms with E-state index in [1.54, 1.807) is 0 Å². The molecule has 2 rings (SSSR count). The number of rotatable bonds is 4. The summed E-state index contributed by atoms with van der Waals surface area (Å²) in [7, 11) is 0. The summed E-state index contributed by atoms with van der Waals surface area (Å²) in [4.78, 5) is 13.2. The lowest BCUT2D eigenvalue weighted by molar-refractivity contribution is -0.122. The average Bonchev–Trinajstić information content (AvgIpc) is 2.46. The van der Waals surface area contributed by atoms with Gasteiger partial charge in [0.15, 0.2) is 5.11 Å². The first-order chi connectivity index (χ1) is 9.69. The van der Waals surface area contributed by atoms with Crippen molar-refractivity contribution in [2.45, 2.75) is 26.2 Å². The summed E-state index contributed by atoms with van der Waals surface area (Å²) < 4.78 is 0. The fraction of sp³-hybridized carbons (Fsp3) is 0.467. The van der Waals surface area contributed by atoms with E-state index in [-0.39, 0.29) is 5.91 Å². The molecular weight excluding hydrogens is 270 g/mol. The third kappa shape index (κ3) is 4.20. The number of hydrogen-bond acceptors (Lipinski definition) is 2. The number of hydrogen-bond donors (Lipinski definition) is 2. The first-order valence-corrected chi connectivity index (χ1v) is 7.51. The zero-order valence-corrected chi connectivity index (χ0v) is 12.6. The molecule has 2 N–H and O–H groups in total. The van der Waals surface area contributed by atoms with Gasteiger partial charge in [-0.3, -0.25) is 4.79 Å². The molecule has 1 aromatic carbocycles. The second kappa shape index (κ2) is 7.24. The maximum atomic E-state index is 11.3. The highest BCUT2D eigenvalue weighted by Gasteiger charge is 2.18. The Labute approximate surface area is 125 Å². The van der Waals surface area contributed by atoms with Gasteiger partial charge >= 0.3 is 0 Å². The molecule has 5 heteroatoms. The van der Waals surface area contributed by atoms with Crippen LogP contribution in [0.1, 0.15) is 25.3 Å². The highest BCUT2D eigenvalue weighted by molar-refractivity contribution is 7.80. The number of amides is 1. The van der Waals surface area contributed by atoms with Crippen molar-refractivity contribution in [1.82, 2.24) is 10.2 Å². The zero-order valence-electron chi connectivity index (χ0n) is 11.8. The summed E-state index contributed by atoms with van der Waals surface area (Å²) in [5, 5.41) is 6.59. The Balaban J connectivity index is 1.89. The summed E-state index contributed by atoms with van der Waals surface area (Å²) in [5.41, 5.74) is 2.32. The maximum Gasteiger partial charge on any atom is 0.239 e. The Hall–Kier alpha value is -1.62. The van der Waals surface area contributed by atoms with E-state index in [2.05, 4.69) is 29.7 Å². The molecule has 0 saturated carbocycles. The van der Waals surface area contributed by atoms with E-state index in [4.69, 9.17) is 12.2 Å². The van der Waals surface area contributed by atoms with Crippen molar-refractivity contribution in [2.24, 2.45) is 0 Å². The highest BCUT2D eigenvalue weighted by atomic mass is 32.1. The lowest BCUT2D eigenvalue weighted by Gasteiger charge is -2.29. The predicted octanol–water partition coefficient (Wildman–Crippen LogP) is 2.16. The van der Waals surface area contributed by atoms with E-state index < -0.39 is 0 Å². The summed E-state index contributed by atoms with van der Waals surface area (Å²) in [6, 6.07) is 8.34. The summed E-state index contributed by atoms with van der Waals surface area (Å²) >= 11 is 5.35. The Bertz CT molecular complexity index is 473. The van der Waals surface area contributed by atoms with Crippen LogP contribution in [0.5, 0.6) is 0 Å². The topological polar surface area (TPSA) is 44.4 Å². The predicted molar refractivity (Wildman–Crippen MR) is 85.9 cm³/mol. The molecule has 0 radical (unpaired) electrons. The number of carbonyl (C=O) groups is 1. The van der Waals surface area contributed by atoms with Gasteiger partial charge in [-0.05, 0) is 42.8 Å². The maximum absolute atomic E-state index is 11.3. The highest BCUT2D eigenvalue weighted by Crippen LogP contribution is 2.12. The number of carbonyl (C=O) groups excluding carboxylic acids is 1. The van der Waals surface area contributed by atoms with Crippen LogP contribution in [0.2, 0.25) is 0 Å². The van der Waals surface area contributed by atoms with Gasteiger partial charge in [0.25, 0.3) is 0 Å². The minimum Gasteiger partial charge on any atom is -0.353 e. The number of nitrogens with one attached hydrogen (secondary N) is 2. The van der Waals surface area contributed by atoms with Gasteiger partial charge < -0.3 is 15.5 Å². The number of benzene rings is 1. The first kappa shape index (κ1) is 14.8. The van der Waals surface area contributed by atoms with Gasteiger partial charge in [0, 0.05) is 18.8 Å². The molecule has 0 spiro atoms. The monoisotopic (exact) mass is 291 g/mol. The molecule has 0 bridgehead atoms. The zero-order chi connectivity index (χ0) is 14.4. The van der Waals surface area contributed by atoms with E-state index in [9.17, 15) is 4.79 Å². The molecule has 1 aliphatic rings. The van der Waals surface area contributed by atoms with Gasteiger partial charge in [0.1, 0.15) is 0 Å². The SMILES string of the molecule is CCCCc1ccc(NC(=S)N2CCNC(=O)C2)cc1. The van der Waals surface area contributed by atoms with Crippen molar-refractivity contribution >= 4 is 28.9 Å². The number of anilines is 1. The fourth-order valence-electron chi connectivity index (χ4n) is 2.15. The van der Waals surface area contributed by atoms with Gasteiger partial charge in [-0.2, -0.15) is 0 Å². The van der Waals surface area contributed by atoms with Crippen molar-refractivity contribution in [3.63, 3.8) is 0 Å². The molecular formula is C15H21N3OS. The largest absolute Gasteiger partial charge is 0.353 e. The minimum atomic E-state index is 0.0234. The van der Waals surface area contributed by atoms with Crippen molar-refractivity contribution in [3.8, 4) is 0 Å². The van der Waals surface area contributed by atoms with E-state index >= 15 is 0 Å². The summed E-state index contributed by atoms with van der Waals surface area (Å²) in [6.45, 7) is 3.94. The normalized spacial score (nSPS) is 14.8. The quantitative estimate of drug-likeness (QED) is 0.835. The number of aryl methyl sites for hydroxylation is 1. The Morgan fingerprint density at radius 3 is 2.80 bits per heavy atom. The number of piperazine rings is 1. The number of thiocarbonyl (C=S) groups is 1. The molecule has 0 atom stereocenters. The molecule has 0 unspecified atom stereocenters. The van der Waals surface area contributed by atoms with E-state index in [1.165, 1.54) is 18.4 Å². The molecule has 1 saturated heterocycles. The molecule has 0 aliphatic carbocycles. The molecule has 1 fully saturated rings. The van der Waals surface area contributed by atoms with Crippen LogP contribution in [0.15, 0.2) is 24.3 Å². The Kier molecular flexibility index (Phi) is 5.35. The third-order valence-electron chi connectivity index (χ3n) is 3.35. The van der Waals surface area contributed by atoms with Crippen LogP contribution in [-0.2, 0) is 11.2 Å². The Morgan fingerprint density at radius 1 is 1.40 bits per heavy atom. The van der Waals surface area contributed by atoms with Crippen molar-refractivity contribution in [3.05, 3.63) is 29.8 Å². The molecule has 20 heavy (non-hydrogen) atoms. The van der Waals surface area contributed by atoms with Gasteiger partial charge in [0.05, 0.1) is 6.54 Å². The van der Waals surface area contributed by atoms with Crippen molar-refractivity contribution in [2.75, 3.05) is 25.0 Å². The standard InChI is InChI=1S/C15H21N3OS/c1-2-3-4-12-5-7-13(8-6-12)17-15(20)18-10-9-16-14(19)11-18/h5-8H,2-4,9-11H2,1H3,(H,16,19)(H,17,20). The van der Waals surface area contributed by atoms with Crippen LogP contribution >= 0.6 is 12.2 Å². The van der Waals surface area contributed by atoms with E-state index in [0.29, 0.717) is 18.2 Å². The van der Waals surface area contributed by atoms with Crippen molar-refractivity contribution in [1.29, 1.82) is 0 Å². The number of unbranched alkanes of at least 4 members (excludes halogenated alkanes) is 1. The smallest absolute Gasteiger partial charge is 0.239 e. The minimum absolute atomic E-state index is 0.0234. The molecule has 1 aliphatic heterocycles. The summed E-state index contributed by atoms with van der Waals surface area (Å²) in [5.74, 6) is 0.0234. The van der Waals surface area contributed by atoms with Crippen LogP contribution in [0.3, 0.4) is 0 Å². The average molecular weight is 291 g/mol. The van der Waals surface area contributed by atoms with Gasteiger partial charge in [0.2, 0.25) is 5.91 Å². The van der Waals surface area contributed by atoms with Crippen LogP contribution in [-0.4, -0.2) is 35.6 Å². The first-order valence-electron chi connectivity index (χ1n) is 7.10. The van der Waals surface area contributed by atoms with Crippen LogP contribution < -0.4 is 10.6 Å². The second-order valence-corrected chi connectivity index (χ2v) is 5.39. The van der Waals surface area contributed by atoms with Crippen LogP contribution in [0, 0.1) is 0 Å². The molecule has 4 nitrogen and oxygen atoms in total. The molecule has 1 amide bonds.